The Morgan fingerprint density at radius 1 is 1.33 bits per heavy atom. The molecule has 1 atom stereocenters. The second-order valence-electron chi connectivity index (χ2n) is 7.10. The predicted molar refractivity (Wildman–Crippen MR) is 105 cm³/mol. The minimum Gasteiger partial charge on any atom is -0.428 e. The van der Waals surface area contributed by atoms with Crippen LogP contribution in [-0.4, -0.2) is 61.9 Å². The highest BCUT2D eigenvalue weighted by Gasteiger charge is 2.44. The van der Waals surface area contributed by atoms with Crippen molar-refractivity contribution < 1.29 is 27.0 Å². The smallest absolute Gasteiger partial charge is 0.428 e. The van der Waals surface area contributed by atoms with E-state index in [1.54, 1.807) is 18.3 Å². The van der Waals surface area contributed by atoms with Gasteiger partial charge >= 0.3 is 12.5 Å². The van der Waals surface area contributed by atoms with Crippen molar-refractivity contribution in [2.24, 2.45) is 10.7 Å². The highest BCUT2D eigenvalue weighted by Crippen LogP contribution is 2.29. The summed E-state index contributed by atoms with van der Waals surface area (Å²) in [7, 11) is 0. The maximum absolute atomic E-state index is 13.1. The largest absolute Gasteiger partial charge is 0.461 e. The van der Waals surface area contributed by atoms with E-state index in [0.29, 0.717) is 18.1 Å². The van der Waals surface area contributed by atoms with Crippen LogP contribution in [0.25, 0.3) is 0 Å². The number of alkyl halides is 4. The third-order valence-electron chi connectivity index (χ3n) is 4.67. The molecule has 2 aliphatic heterocycles. The van der Waals surface area contributed by atoms with E-state index in [1.165, 1.54) is 12.1 Å². The number of benzene rings is 1. The Bertz CT molecular complexity index is 771. The van der Waals surface area contributed by atoms with Crippen molar-refractivity contribution in [3.05, 3.63) is 36.5 Å². The summed E-state index contributed by atoms with van der Waals surface area (Å²) in [5.74, 6) is -0.0917. The van der Waals surface area contributed by atoms with Gasteiger partial charge in [-0.1, -0.05) is 6.07 Å². The highest BCUT2D eigenvalue weighted by molar-refractivity contribution is 5.95. The Labute approximate surface area is 171 Å². The molecule has 1 aromatic carbocycles. The topological polar surface area (TPSA) is 84.1 Å². The van der Waals surface area contributed by atoms with Gasteiger partial charge in [-0.2, -0.15) is 17.6 Å². The Morgan fingerprint density at radius 3 is 2.83 bits per heavy atom. The number of nitrogens with two attached hydrogens (primary N) is 1. The van der Waals surface area contributed by atoms with Crippen LogP contribution in [0.2, 0.25) is 0 Å². The van der Waals surface area contributed by atoms with Gasteiger partial charge in [-0.3, -0.25) is 4.90 Å². The molecule has 1 aromatic rings. The normalized spacial score (nSPS) is 22.5. The van der Waals surface area contributed by atoms with E-state index in [9.17, 15) is 17.6 Å². The first kappa shape index (κ1) is 22.3. The zero-order chi connectivity index (χ0) is 21.6. The minimum absolute atomic E-state index is 0.309. The number of ether oxygens (including phenoxy) is 2. The maximum Gasteiger partial charge on any atom is 0.461 e. The second-order valence-corrected chi connectivity index (χ2v) is 7.10. The second kappa shape index (κ2) is 9.63. The zero-order valence-electron chi connectivity index (χ0n) is 16.3. The number of morpholine rings is 1. The third-order valence-corrected chi connectivity index (χ3v) is 4.67. The Kier molecular flexibility index (Phi) is 7.16. The molecule has 0 amide bonds. The summed E-state index contributed by atoms with van der Waals surface area (Å²) in [4.78, 5) is 6.76. The summed E-state index contributed by atoms with van der Waals surface area (Å²) >= 11 is 0. The fourth-order valence-electron chi connectivity index (χ4n) is 3.13. The summed E-state index contributed by atoms with van der Waals surface area (Å²) in [6, 6.07) is 5.30. The van der Waals surface area contributed by atoms with Crippen molar-refractivity contribution in [1.82, 2.24) is 10.2 Å². The number of nitrogens with zero attached hydrogens (tertiary/aromatic N) is 2. The van der Waals surface area contributed by atoms with Gasteiger partial charge < -0.3 is 25.8 Å². The number of rotatable bonds is 8. The lowest BCUT2D eigenvalue weighted by molar-refractivity contribution is -0.253. The fourth-order valence-corrected chi connectivity index (χ4v) is 3.13. The summed E-state index contributed by atoms with van der Waals surface area (Å²) in [6.45, 7) is 4.15. The van der Waals surface area contributed by atoms with Gasteiger partial charge in [0, 0.05) is 31.0 Å². The molecule has 30 heavy (non-hydrogen) atoms. The van der Waals surface area contributed by atoms with Gasteiger partial charge in [0.1, 0.15) is 11.4 Å². The van der Waals surface area contributed by atoms with Crippen molar-refractivity contribution in [3.63, 3.8) is 0 Å². The molecular weight excluding hydrogens is 406 g/mol. The Morgan fingerprint density at radius 2 is 2.10 bits per heavy atom. The molecule has 2 heterocycles. The molecule has 2 aliphatic rings. The quantitative estimate of drug-likeness (QED) is 0.549. The van der Waals surface area contributed by atoms with Crippen LogP contribution in [0.15, 0.2) is 41.5 Å². The van der Waals surface area contributed by atoms with E-state index in [0.717, 1.165) is 45.3 Å². The van der Waals surface area contributed by atoms with Crippen LogP contribution in [0, 0.1) is 0 Å². The molecule has 0 bridgehead atoms. The lowest BCUT2D eigenvalue weighted by atomic mass is 10.0. The molecule has 3 rings (SSSR count). The molecule has 0 radical (unpaired) electrons. The number of aliphatic imine (C=N–C) groups is 1. The lowest BCUT2D eigenvalue weighted by Gasteiger charge is -2.30. The molecule has 7 nitrogen and oxygen atoms in total. The van der Waals surface area contributed by atoms with Crippen LogP contribution >= 0.6 is 0 Å². The van der Waals surface area contributed by atoms with Crippen molar-refractivity contribution in [2.75, 3.05) is 38.2 Å². The van der Waals surface area contributed by atoms with E-state index in [1.807, 2.05) is 0 Å². The van der Waals surface area contributed by atoms with Crippen LogP contribution in [-0.2, 0) is 4.74 Å². The van der Waals surface area contributed by atoms with Crippen LogP contribution in [0.1, 0.15) is 12.8 Å². The standard InChI is InChI=1S/C19H25F4N5O2/c20-16(21)19(22,23)30-15-4-1-3-14(13-15)26-17-25-7-6-18(24,27-17)5-2-8-28-9-11-29-12-10-28/h1,3-4,6-7,13,16H,2,5,8-12,24H2,(H2,25,26,27). The van der Waals surface area contributed by atoms with Gasteiger partial charge in [-0.25, -0.2) is 4.99 Å². The number of hydrogen-bond acceptors (Lipinski definition) is 7. The van der Waals surface area contributed by atoms with E-state index in [-0.39, 0.29) is 0 Å². The minimum atomic E-state index is -4.57. The molecule has 0 aromatic heterocycles. The average molecular weight is 431 g/mol. The molecule has 0 saturated carbocycles. The van der Waals surface area contributed by atoms with Crippen LogP contribution in [0.3, 0.4) is 0 Å². The molecule has 0 aliphatic carbocycles. The first-order valence-electron chi connectivity index (χ1n) is 9.61. The Balaban J connectivity index is 1.58. The molecule has 0 spiro atoms. The van der Waals surface area contributed by atoms with Gasteiger partial charge in [-0.05, 0) is 37.6 Å². The zero-order valence-corrected chi connectivity index (χ0v) is 16.3. The molecule has 11 heteroatoms. The molecule has 166 valence electrons. The van der Waals surface area contributed by atoms with Gasteiger partial charge in [0.05, 0.1) is 13.2 Å². The van der Waals surface area contributed by atoms with Gasteiger partial charge in [0.2, 0.25) is 5.96 Å². The fraction of sp³-hybridized carbons (Fsp3) is 0.526. The van der Waals surface area contributed by atoms with Crippen molar-refractivity contribution in [1.29, 1.82) is 0 Å². The van der Waals surface area contributed by atoms with Gasteiger partial charge in [-0.15, -0.1) is 0 Å². The van der Waals surface area contributed by atoms with E-state index in [4.69, 9.17) is 10.5 Å². The highest BCUT2D eigenvalue weighted by atomic mass is 19.3. The molecule has 1 unspecified atom stereocenters. The van der Waals surface area contributed by atoms with E-state index >= 15 is 0 Å². The van der Waals surface area contributed by atoms with Crippen molar-refractivity contribution in [2.45, 2.75) is 31.0 Å². The first-order valence-corrected chi connectivity index (χ1v) is 9.61. The number of anilines is 1. The number of halogens is 4. The summed E-state index contributed by atoms with van der Waals surface area (Å²) in [5.41, 5.74) is 5.77. The van der Waals surface area contributed by atoms with E-state index < -0.39 is 23.9 Å². The first-order chi connectivity index (χ1) is 14.3. The van der Waals surface area contributed by atoms with Crippen molar-refractivity contribution in [3.8, 4) is 5.75 Å². The van der Waals surface area contributed by atoms with E-state index in [2.05, 4.69) is 25.3 Å². The van der Waals surface area contributed by atoms with Gasteiger partial charge in [0.15, 0.2) is 0 Å². The predicted octanol–water partition coefficient (Wildman–Crippen LogP) is 2.58. The average Bonchev–Trinajstić information content (AvgIpc) is 2.68. The Hall–Kier alpha value is -2.37. The van der Waals surface area contributed by atoms with Crippen molar-refractivity contribution >= 4 is 11.6 Å². The maximum atomic E-state index is 13.1. The van der Waals surface area contributed by atoms with Crippen LogP contribution in [0.5, 0.6) is 5.75 Å². The monoisotopic (exact) mass is 431 g/mol. The van der Waals surface area contributed by atoms with Gasteiger partial charge in [0.25, 0.3) is 0 Å². The summed E-state index contributed by atoms with van der Waals surface area (Å²) in [5, 5.41) is 5.79. The SMILES string of the molecule is NC1(CCCN2CCOCC2)C=CNC(Nc2cccc(OC(F)(F)C(F)F)c2)=N1. The number of hydrogen-bond donors (Lipinski definition) is 3. The molecule has 1 saturated heterocycles. The number of nitrogens with one attached hydrogen (secondary N) is 2. The van der Waals surface area contributed by atoms with Crippen LogP contribution in [0.4, 0.5) is 23.2 Å². The van der Waals surface area contributed by atoms with Crippen LogP contribution < -0.4 is 21.1 Å². The summed E-state index contributed by atoms with van der Waals surface area (Å²) in [6.07, 6.45) is -3.66. The molecule has 4 N–H and O–H groups in total. The molecule has 1 fully saturated rings. The lowest BCUT2D eigenvalue weighted by Crippen LogP contribution is -2.44. The summed E-state index contributed by atoms with van der Waals surface area (Å²) < 4.78 is 60.3. The number of guanidine groups is 1. The molecular formula is C19H25F4N5O2. The third kappa shape index (κ3) is 6.31.